The number of halogens is 4. The van der Waals surface area contributed by atoms with Gasteiger partial charge in [0.05, 0.1) is 11.3 Å². The molecule has 0 atom stereocenters. The molecule has 28 heavy (non-hydrogen) atoms. The van der Waals surface area contributed by atoms with E-state index in [1.54, 1.807) is 11.0 Å². The van der Waals surface area contributed by atoms with Crippen molar-refractivity contribution in [3.8, 4) is 0 Å². The smallest absolute Gasteiger partial charge is 0.366 e. The fourth-order valence-corrected chi connectivity index (χ4v) is 3.00. The minimum absolute atomic E-state index is 0.0680. The zero-order valence-corrected chi connectivity index (χ0v) is 15.0. The number of aromatic nitrogens is 1. The first-order valence-electron chi connectivity index (χ1n) is 8.55. The Kier molecular flexibility index (Phi) is 5.35. The maximum Gasteiger partial charge on any atom is 0.433 e. The number of carbonyl (C=O) groups excluding carboxylic acids is 2. The maximum atomic E-state index is 14.3. The molecule has 0 N–H and O–H groups in total. The van der Waals surface area contributed by atoms with E-state index < -0.39 is 23.6 Å². The number of carbonyl (C=O) groups is 2. The van der Waals surface area contributed by atoms with Gasteiger partial charge in [-0.1, -0.05) is 0 Å². The van der Waals surface area contributed by atoms with Gasteiger partial charge in [0.1, 0.15) is 11.5 Å². The summed E-state index contributed by atoms with van der Waals surface area (Å²) in [6, 6.07) is 6.14. The van der Waals surface area contributed by atoms with Crippen molar-refractivity contribution in [2.45, 2.75) is 13.1 Å². The van der Waals surface area contributed by atoms with Gasteiger partial charge < -0.3 is 9.80 Å². The topological polar surface area (TPSA) is 53.5 Å². The summed E-state index contributed by atoms with van der Waals surface area (Å²) < 4.78 is 52.0. The van der Waals surface area contributed by atoms with E-state index in [4.69, 9.17) is 0 Å². The standard InChI is InChI=1S/C19H17F4N3O2/c1-12(27)13-2-4-16(15(20)10-13)25-6-8-26(9-7-25)18(28)14-3-5-17(24-11-14)19(21,22)23/h2-5,10-11H,6-9H2,1H3. The van der Waals surface area contributed by atoms with Crippen LogP contribution in [0, 0.1) is 5.82 Å². The summed E-state index contributed by atoms with van der Waals surface area (Å²) >= 11 is 0. The molecule has 0 radical (unpaired) electrons. The molecule has 1 saturated heterocycles. The highest BCUT2D eigenvalue weighted by atomic mass is 19.4. The van der Waals surface area contributed by atoms with Crippen LogP contribution in [0.25, 0.3) is 0 Å². The van der Waals surface area contributed by atoms with Crippen LogP contribution in [0.3, 0.4) is 0 Å². The minimum atomic E-state index is -4.56. The van der Waals surface area contributed by atoms with Gasteiger partial charge in [-0.15, -0.1) is 0 Å². The summed E-state index contributed by atoms with van der Waals surface area (Å²) in [7, 11) is 0. The summed E-state index contributed by atoms with van der Waals surface area (Å²) in [5.74, 6) is -1.17. The largest absolute Gasteiger partial charge is 0.433 e. The first kappa shape index (κ1) is 19.8. The Morgan fingerprint density at radius 2 is 1.64 bits per heavy atom. The van der Waals surface area contributed by atoms with Crippen molar-refractivity contribution in [3.05, 3.63) is 59.2 Å². The van der Waals surface area contributed by atoms with E-state index in [0.29, 0.717) is 18.8 Å². The third-order valence-electron chi connectivity index (χ3n) is 4.56. The SMILES string of the molecule is CC(=O)c1ccc(N2CCN(C(=O)c3ccc(C(F)(F)F)nc3)CC2)c(F)c1. The molecular formula is C19H17F4N3O2. The Morgan fingerprint density at radius 1 is 1.00 bits per heavy atom. The lowest BCUT2D eigenvalue weighted by atomic mass is 10.1. The number of Topliss-reactive ketones (excluding diaryl/α,β-unsaturated/α-hetero) is 1. The second-order valence-electron chi connectivity index (χ2n) is 6.43. The average molecular weight is 395 g/mol. The summed E-state index contributed by atoms with van der Waals surface area (Å²) in [6.45, 7) is 2.64. The van der Waals surface area contributed by atoms with Crippen LogP contribution in [0.5, 0.6) is 0 Å². The van der Waals surface area contributed by atoms with Gasteiger partial charge in [-0.3, -0.25) is 14.6 Å². The average Bonchev–Trinajstić information content (AvgIpc) is 2.67. The van der Waals surface area contributed by atoms with E-state index >= 15 is 0 Å². The van der Waals surface area contributed by atoms with Crippen LogP contribution in [-0.4, -0.2) is 47.8 Å². The van der Waals surface area contributed by atoms with E-state index in [9.17, 15) is 27.2 Å². The molecule has 5 nitrogen and oxygen atoms in total. The maximum absolute atomic E-state index is 14.3. The fraction of sp³-hybridized carbons (Fsp3) is 0.316. The molecule has 1 amide bonds. The lowest BCUT2D eigenvalue weighted by Crippen LogP contribution is -2.49. The van der Waals surface area contributed by atoms with Gasteiger partial charge in [0.2, 0.25) is 0 Å². The van der Waals surface area contributed by atoms with Crippen LogP contribution in [0.1, 0.15) is 33.3 Å². The molecule has 0 unspecified atom stereocenters. The number of nitrogens with zero attached hydrogens (tertiary/aromatic N) is 3. The number of rotatable bonds is 3. The Bertz CT molecular complexity index is 889. The summed E-state index contributed by atoms with van der Waals surface area (Å²) in [6.07, 6.45) is -3.65. The van der Waals surface area contributed by atoms with Crippen LogP contribution in [-0.2, 0) is 6.18 Å². The highest BCUT2D eigenvalue weighted by molar-refractivity contribution is 5.95. The molecule has 1 fully saturated rings. The Morgan fingerprint density at radius 3 is 2.14 bits per heavy atom. The molecule has 1 aromatic carbocycles. The predicted molar refractivity (Wildman–Crippen MR) is 93.8 cm³/mol. The van der Waals surface area contributed by atoms with Gasteiger partial charge in [0, 0.05) is 37.9 Å². The van der Waals surface area contributed by atoms with Gasteiger partial charge in [-0.2, -0.15) is 13.2 Å². The Hall–Kier alpha value is -2.97. The number of amides is 1. The molecule has 0 aliphatic carbocycles. The van der Waals surface area contributed by atoms with Crippen molar-refractivity contribution in [1.29, 1.82) is 0 Å². The molecular weight excluding hydrogens is 378 g/mol. The number of hydrogen-bond donors (Lipinski definition) is 0. The molecule has 0 spiro atoms. The van der Waals surface area contributed by atoms with Crippen molar-refractivity contribution in [2.75, 3.05) is 31.1 Å². The lowest BCUT2D eigenvalue weighted by molar-refractivity contribution is -0.141. The van der Waals surface area contributed by atoms with E-state index in [1.165, 1.54) is 24.0 Å². The molecule has 3 rings (SSSR count). The lowest BCUT2D eigenvalue weighted by Gasteiger charge is -2.36. The Balaban J connectivity index is 1.65. The number of piperazine rings is 1. The number of pyridine rings is 1. The molecule has 2 aromatic rings. The van der Waals surface area contributed by atoms with Gasteiger partial charge in [-0.05, 0) is 37.3 Å². The van der Waals surface area contributed by atoms with Crippen LogP contribution in [0.2, 0.25) is 0 Å². The number of anilines is 1. The zero-order chi connectivity index (χ0) is 20.5. The van der Waals surface area contributed by atoms with Crippen molar-refractivity contribution >= 4 is 17.4 Å². The molecule has 0 saturated carbocycles. The zero-order valence-electron chi connectivity index (χ0n) is 15.0. The molecule has 1 aromatic heterocycles. The van der Waals surface area contributed by atoms with Crippen LogP contribution < -0.4 is 4.90 Å². The number of hydrogen-bond acceptors (Lipinski definition) is 4. The van der Waals surface area contributed by atoms with Crippen LogP contribution >= 0.6 is 0 Å². The Labute approximate surface area is 158 Å². The highest BCUT2D eigenvalue weighted by Crippen LogP contribution is 2.27. The van der Waals surface area contributed by atoms with E-state index in [2.05, 4.69) is 4.98 Å². The number of benzene rings is 1. The van der Waals surface area contributed by atoms with Crippen LogP contribution in [0.15, 0.2) is 36.5 Å². The quantitative estimate of drug-likeness (QED) is 0.591. The van der Waals surface area contributed by atoms with E-state index in [1.807, 2.05) is 0 Å². The van der Waals surface area contributed by atoms with Crippen molar-refractivity contribution in [1.82, 2.24) is 9.88 Å². The second-order valence-corrected chi connectivity index (χ2v) is 6.43. The third-order valence-corrected chi connectivity index (χ3v) is 4.56. The summed E-state index contributed by atoms with van der Waals surface area (Å²) in [5, 5.41) is 0. The number of ketones is 1. The molecule has 1 aliphatic rings. The van der Waals surface area contributed by atoms with Crippen molar-refractivity contribution in [2.24, 2.45) is 0 Å². The predicted octanol–water partition coefficient (Wildman–Crippen LogP) is 3.40. The molecule has 2 heterocycles. The van der Waals surface area contributed by atoms with E-state index in [-0.39, 0.29) is 30.0 Å². The molecule has 0 bridgehead atoms. The molecule has 1 aliphatic heterocycles. The summed E-state index contributed by atoms with van der Waals surface area (Å²) in [4.78, 5) is 30.3. The minimum Gasteiger partial charge on any atom is -0.366 e. The van der Waals surface area contributed by atoms with Gasteiger partial charge in [-0.25, -0.2) is 4.39 Å². The monoisotopic (exact) mass is 395 g/mol. The van der Waals surface area contributed by atoms with Crippen molar-refractivity contribution in [3.63, 3.8) is 0 Å². The third kappa shape index (κ3) is 4.13. The second kappa shape index (κ2) is 7.57. The van der Waals surface area contributed by atoms with Crippen LogP contribution in [0.4, 0.5) is 23.2 Å². The van der Waals surface area contributed by atoms with Gasteiger partial charge in [0.25, 0.3) is 5.91 Å². The highest BCUT2D eigenvalue weighted by Gasteiger charge is 2.32. The first-order valence-corrected chi connectivity index (χ1v) is 8.55. The van der Waals surface area contributed by atoms with Gasteiger partial charge >= 0.3 is 6.18 Å². The number of alkyl halides is 3. The summed E-state index contributed by atoms with van der Waals surface area (Å²) in [5.41, 5.74) is -0.366. The van der Waals surface area contributed by atoms with Crippen molar-refractivity contribution < 1.29 is 27.2 Å². The normalized spacial score (nSPS) is 14.9. The fourth-order valence-electron chi connectivity index (χ4n) is 3.00. The molecule has 9 heteroatoms. The first-order chi connectivity index (χ1) is 13.2. The molecule has 148 valence electrons. The van der Waals surface area contributed by atoms with Gasteiger partial charge in [0.15, 0.2) is 5.78 Å². The van der Waals surface area contributed by atoms with E-state index in [0.717, 1.165) is 18.3 Å².